The number of allylic oxidation sites excluding steroid dienone is 3. The number of rotatable bonds is 6. The van der Waals surface area contributed by atoms with Crippen molar-refractivity contribution in [1.29, 1.82) is 0 Å². The predicted molar refractivity (Wildman–Crippen MR) is 86.6 cm³/mol. The summed E-state index contributed by atoms with van der Waals surface area (Å²) < 4.78 is 0. The number of nitrogens with two attached hydrogens (primary N) is 1. The van der Waals surface area contributed by atoms with Crippen LogP contribution in [0.4, 0.5) is 0 Å². The highest BCUT2D eigenvalue weighted by molar-refractivity contribution is 5.32. The van der Waals surface area contributed by atoms with Crippen LogP contribution in [-0.2, 0) is 0 Å². The summed E-state index contributed by atoms with van der Waals surface area (Å²) >= 11 is 0. The van der Waals surface area contributed by atoms with Crippen LogP contribution in [0, 0.1) is 6.92 Å². The van der Waals surface area contributed by atoms with Gasteiger partial charge in [0.2, 0.25) is 0 Å². The average Bonchev–Trinajstić information content (AvgIpc) is 2.68. The van der Waals surface area contributed by atoms with Crippen LogP contribution >= 0.6 is 0 Å². The number of hydrogen-bond donors (Lipinski definition) is 3. The predicted octanol–water partition coefficient (Wildman–Crippen LogP) is 2.50. The lowest BCUT2D eigenvalue weighted by Crippen LogP contribution is -2.22. The number of aliphatic hydroxyl groups is 1. The molecule has 4 N–H and O–H groups in total. The van der Waals surface area contributed by atoms with Crippen LogP contribution in [0.5, 0.6) is 0 Å². The van der Waals surface area contributed by atoms with E-state index in [9.17, 15) is 5.11 Å². The first-order valence-electron chi connectivity index (χ1n) is 7.20. The summed E-state index contributed by atoms with van der Waals surface area (Å²) in [5.41, 5.74) is 12.6. The van der Waals surface area contributed by atoms with E-state index in [1.54, 1.807) is 0 Å². The van der Waals surface area contributed by atoms with Gasteiger partial charge in [0.1, 0.15) is 0 Å². The maximum Gasteiger partial charge on any atom is 0.0914 e. The second-order valence-corrected chi connectivity index (χ2v) is 5.23. The topological polar surface area (TPSA) is 58.3 Å². The van der Waals surface area contributed by atoms with Crippen molar-refractivity contribution in [2.24, 2.45) is 5.73 Å². The molecule has 3 nitrogen and oxygen atoms in total. The molecule has 1 aromatic rings. The van der Waals surface area contributed by atoms with Gasteiger partial charge in [0.15, 0.2) is 0 Å². The molecule has 0 aromatic heterocycles. The van der Waals surface area contributed by atoms with Gasteiger partial charge in [-0.25, -0.2) is 0 Å². The van der Waals surface area contributed by atoms with Gasteiger partial charge in [0, 0.05) is 6.54 Å². The van der Waals surface area contributed by atoms with Gasteiger partial charge in [-0.3, -0.25) is 0 Å². The molecule has 110 valence electrons. The Bertz CT molecular complexity index is 607. The monoisotopic (exact) mass is 282 g/mol. The molecule has 1 atom stereocenters. The summed E-state index contributed by atoms with van der Waals surface area (Å²) in [5, 5.41) is 13.4. The van der Waals surface area contributed by atoms with E-state index >= 15 is 0 Å². The Morgan fingerprint density at radius 2 is 2.19 bits per heavy atom. The van der Waals surface area contributed by atoms with E-state index in [2.05, 4.69) is 11.0 Å². The Hall–Kier alpha value is -2.06. The number of aryl methyl sites for hydroxylation is 1. The Balaban J connectivity index is 1.74. The fourth-order valence-corrected chi connectivity index (χ4v) is 2.18. The molecule has 0 heterocycles. The molecule has 0 aliphatic heterocycles. The van der Waals surface area contributed by atoms with Crippen LogP contribution in [-0.4, -0.2) is 18.2 Å². The molecule has 0 fully saturated rings. The van der Waals surface area contributed by atoms with Crippen LogP contribution in [0.15, 0.2) is 65.6 Å². The minimum atomic E-state index is -0.472. The highest BCUT2D eigenvalue weighted by atomic mass is 16.3. The standard InChI is InChI=1S/C18H22N2O/c1-14-4-2-6-16(12-14)18(21)13-20-11-10-15-5-3-7-17(19)9-8-15/h2-6,8-9,12,18,20-21H,10-11,13,19H2,1H3/t18-/m0/s1. The van der Waals surface area contributed by atoms with E-state index in [0.29, 0.717) is 12.2 Å². The first kappa shape index (κ1) is 15.3. The maximum absolute atomic E-state index is 10.1. The van der Waals surface area contributed by atoms with Gasteiger partial charge >= 0.3 is 0 Å². The summed E-state index contributed by atoms with van der Waals surface area (Å²) in [7, 11) is 0. The van der Waals surface area contributed by atoms with Crippen molar-refractivity contribution in [1.82, 2.24) is 5.32 Å². The van der Waals surface area contributed by atoms with E-state index in [4.69, 9.17) is 5.73 Å². The summed E-state index contributed by atoms with van der Waals surface area (Å²) in [4.78, 5) is 0. The van der Waals surface area contributed by atoms with Crippen molar-refractivity contribution in [2.45, 2.75) is 19.4 Å². The third-order valence-electron chi connectivity index (χ3n) is 3.38. The van der Waals surface area contributed by atoms with Gasteiger partial charge in [-0.15, -0.1) is 0 Å². The molecular formula is C18H22N2O. The second-order valence-electron chi connectivity index (χ2n) is 5.23. The van der Waals surface area contributed by atoms with Crippen LogP contribution in [0.3, 0.4) is 0 Å². The molecular weight excluding hydrogens is 260 g/mol. The Morgan fingerprint density at radius 1 is 1.33 bits per heavy atom. The smallest absolute Gasteiger partial charge is 0.0914 e. The molecule has 2 rings (SSSR count). The maximum atomic E-state index is 10.1. The second kappa shape index (κ2) is 7.65. The summed E-state index contributed by atoms with van der Waals surface area (Å²) in [6, 6.07) is 7.97. The zero-order valence-electron chi connectivity index (χ0n) is 12.3. The van der Waals surface area contributed by atoms with Gasteiger partial charge in [0.25, 0.3) is 0 Å². The van der Waals surface area contributed by atoms with Gasteiger partial charge in [-0.05, 0) is 43.2 Å². The molecule has 1 aromatic carbocycles. The van der Waals surface area contributed by atoms with Gasteiger partial charge in [-0.1, -0.05) is 47.7 Å². The van der Waals surface area contributed by atoms with E-state index in [1.807, 2.05) is 55.5 Å². The molecule has 0 bridgehead atoms. The summed E-state index contributed by atoms with van der Waals surface area (Å²) in [6.45, 7) is 3.39. The zero-order valence-corrected chi connectivity index (χ0v) is 12.3. The Kier molecular flexibility index (Phi) is 5.59. The molecule has 3 heteroatoms. The van der Waals surface area contributed by atoms with Gasteiger partial charge < -0.3 is 16.2 Å². The Morgan fingerprint density at radius 3 is 3.00 bits per heavy atom. The molecule has 0 radical (unpaired) electrons. The minimum absolute atomic E-state index is 0.472. The minimum Gasteiger partial charge on any atom is -0.392 e. The van der Waals surface area contributed by atoms with E-state index in [1.165, 1.54) is 5.57 Å². The normalized spacial score (nSPS) is 15.3. The number of aliphatic hydroxyl groups excluding tert-OH is 1. The number of hydrogen-bond acceptors (Lipinski definition) is 3. The third kappa shape index (κ3) is 5.09. The number of benzene rings is 1. The zero-order chi connectivity index (χ0) is 15.1. The molecule has 0 spiro atoms. The first-order valence-corrected chi connectivity index (χ1v) is 7.20. The SMILES string of the molecule is Cc1cccc([C@@H](O)CNCCC2=CC=C=C(N)C=C2)c1. The third-order valence-corrected chi connectivity index (χ3v) is 3.38. The van der Waals surface area contributed by atoms with Crippen molar-refractivity contribution >= 4 is 0 Å². The highest BCUT2D eigenvalue weighted by Crippen LogP contribution is 2.13. The molecule has 0 unspecified atom stereocenters. The van der Waals surface area contributed by atoms with Crippen molar-refractivity contribution in [3.8, 4) is 0 Å². The molecule has 21 heavy (non-hydrogen) atoms. The van der Waals surface area contributed by atoms with Gasteiger partial charge in [0.05, 0.1) is 11.8 Å². The quantitative estimate of drug-likeness (QED) is 0.555. The molecule has 0 saturated carbocycles. The van der Waals surface area contributed by atoms with E-state index in [0.717, 1.165) is 24.1 Å². The lowest BCUT2D eigenvalue weighted by molar-refractivity contribution is 0.175. The van der Waals surface area contributed by atoms with Gasteiger partial charge in [-0.2, -0.15) is 0 Å². The molecule has 0 saturated heterocycles. The average molecular weight is 282 g/mol. The van der Waals surface area contributed by atoms with Crippen molar-refractivity contribution < 1.29 is 5.11 Å². The fourth-order valence-electron chi connectivity index (χ4n) is 2.18. The van der Waals surface area contributed by atoms with Crippen LogP contribution in [0.1, 0.15) is 23.7 Å². The molecule has 1 aliphatic carbocycles. The fraction of sp³-hybridized carbons (Fsp3) is 0.278. The highest BCUT2D eigenvalue weighted by Gasteiger charge is 2.06. The van der Waals surface area contributed by atoms with Crippen molar-refractivity contribution in [2.75, 3.05) is 13.1 Å². The largest absolute Gasteiger partial charge is 0.392 e. The van der Waals surface area contributed by atoms with Crippen molar-refractivity contribution in [3.63, 3.8) is 0 Å². The van der Waals surface area contributed by atoms with Crippen LogP contribution < -0.4 is 11.1 Å². The lowest BCUT2D eigenvalue weighted by Gasteiger charge is -2.13. The molecule has 1 aliphatic rings. The Labute approximate surface area is 126 Å². The van der Waals surface area contributed by atoms with Crippen molar-refractivity contribution in [3.05, 3.63) is 76.7 Å². The first-order chi connectivity index (χ1) is 10.1. The number of nitrogens with one attached hydrogen (secondary N) is 1. The molecule has 0 amide bonds. The van der Waals surface area contributed by atoms with Crippen LogP contribution in [0.25, 0.3) is 0 Å². The lowest BCUT2D eigenvalue weighted by atomic mass is 10.1. The van der Waals surface area contributed by atoms with Crippen LogP contribution in [0.2, 0.25) is 0 Å². The summed E-state index contributed by atoms with van der Waals surface area (Å²) in [5.74, 6) is 0. The van der Waals surface area contributed by atoms with E-state index < -0.39 is 6.10 Å². The summed E-state index contributed by atoms with van der Waals surface area (Å²) in [6.07, 6.45) is 8.13. The van der Waals surface area contributed by atoms with E-state index in [-0.39, 0.29) is 0 Å².